The Hall–Kier alpha value is -2.85. The first-order chi connectivity index (χ1) is 19.2. The molecule has 0 spiro atoms. The van der Waals surface area contributed by atoms with E-state index < -0.39 is 63.6 Å². The smallest absolute Gasteiger partial charge is 0.408 e. The molecule has 41 heavy (non-hydrogen) atoms. The average Bonchev–Trinajstić information content (AvgIpc) is 3.63. The second-order valence-corrected chi connectivity index (χ2v) is 14.2. The van der Waals surface area contributed by atoms with E-state index in [2.05, 4.69) is 10.6 Å². The van der Waals surface area contributed by atoms with Gasteiger partial charge in [-0.1, -0.05) is 37.1 Å². The number of likely N-dealkylation sites (tertiary alicyclic amines) is 1. The van der Waals surface area contributed by atoms with Gasteiger partial charge in [0.2, 0.25) is 17.6 Å². The van der Waals surface area contributed by atoms with Crippen LogP contribution in [0.1, 0.15) is 51.2 Å². The second kappa shape index (κ2) is 10.8. The van der Waals surface area contributed by atoms with E-state index in [1.165, 1.54) is 4.90 Å². The van der Waals surface area contributed by atoms with Crippen LogP contribution in [0.5, 0.6) is 0 Å². The van der Waals surface area contributed by atoms with Crippen molar-refractivity contribution in [2.24, 2.45) is 29.4 Å². The number of carbonyl (C=O) groups excluding carboxylic acids is 5. The Labute approximate surface area is 249 Å². The Morgan fingerprint density at radius 3 is 2.22 bits per heavy atom. The molecule has 3 fully saturated rings. The first-order valence-corrected chi connectivity index (χ1v) is 14.8. The molecular formula is C29H36Cl2N4O6. The SMILES string of the molecule is CC(C)(C)OC(=O)NC(C(=O)N1CC2C(C1C(=O)NC(CC1CC1)C(=O)C(N)=O)C2(Cl)Cl)C1Cc2ccccc2C1. The van der Waals surface area contributed by atoms with Crippen molar-refractivity contribution in [3.05, 3.63) is 35.4 Å². The van der Waals surface area contributed by atoms with E-state index in [9.17, 15) is 24.0 Å². The van der Waals surface area contributed by atoms with Crippen molar-refractivity contribution < 1.29 is 28.7 Å². The van der Waals surface area contributed by atoms with Crippen molar-refractivity contribution in [3.8, 4) is 0 Å². The number of nitrogens with zero attached hydrogens (tertiary/aromatic N) is 1. The summed E-state index contributed by atoms with van der Waals surface area (Å²) in [6.45, 7) is 5.30. The molecule has 1 aliphatic heterocycles. The number of primary amides is 1. The number of amides is 4. The van der Waals surface area contributed by atoms with Crippen molar-refractivity contribution >= 4 is 52.8 Å². The largest absolute Gasteiger partial charge is 0.444 e. The van der Waals surface area contributed by atoms with Gasteiger partial charge in [-0.15, -0.1) is 23.2 Å². The first-order valence-electron chi connectivity index (χ1n) is 14.1. The number of rotatable bonds is 9. The van der Waals surface area contributed by atoms with Crippen LogP contribution < -0.4 is 16.4 Å². The Balaban J connectivity index is 1.39. The minimum Gasteiger partial charge on any atom is -0.444 e. The number of piperidine rings is 1. The van der Waals surface area contributed by atoms with E-state index >= 15 is 0 Å². The van der Waals surface area contributed by atoms with E-state index in [-0.39, 0.29) is 24.3 Å². The molecule has 1 heterocycles. The van der Waals surface area contributed by atoms with Gasteiger partial charge in [0, 0.05) is 18.4 Å². The molecule has 5 atom stereocenters. The number of ether oxygens (including phenoxy) is 1. The minimum atomic E-state index is -1.21. The molecule has 4 amide bonds. The normalized spacial score (nSPS) is 25.9. The summed E-state index contributed by atoms with van der Waals surface area (Å²) in [6.07, 6.45) is 2.46. The molecule has 0 aromatic heterocycles. The standard InChI is InChI=1S/C29H36Cl2N4O6/c1-28(2,3)41-27(40)34-21(17-11-15-6-4-5-7-16(15)12-17)26(39)35-13-18-20(29(18,30)31)22(35)25(38)33-19(10-14-8-9-14)23(36)24(32)37/h4-7,14,17-22H,8-13H2,1-3H3,(H2,32,37)(H,33,38)(H,34,40). The van der Waals surface area contributed by atoms with Gasteiger partial charge in [0.1, 0.15) is 22.0 Å². The fourth-order valence-corrected chi connectivity index (χ4v) is 7.13. The molecule has 3 aliphatic carbocycles. The summed E-state index contributed by atoms with van der Waals surface area (Å²) >= 11 is 13.0. The molecule has 4 N–H and O–H groups in total. The van der Waals surface area contributed by atoms with Crippen LogP contribution in [0.25, 0.3) is 0 Å². The number of carbonyl (C=O) groups is 5. The highest BCUT2D eigenvalue weighted by Crippen LogP contribution is 2.65. The van der Waals surface area contributed by atoms with Crippen molar-refractivity contribution in [1.82, 2.24) is 15.5 Å². The van der Waals surface area contributed by atoms with Crippen molar-refractivity contribution in [1.29, 1.82) is 0 Å². The van der Waals surface area contributed by atoms with Gasteiger partial charge in [0.15, 0.2) is 0 Å². The van der Waals surface area contributed by atoms with E-state index in [4.69, 9.17) is 33.7 Å². The maximum absolute atomic E-state index is 14.2. The number of hydrogen-bond donors (Lipinski definition) is 3. The van der Waals surface area contributed by atoms with E-state index in [0.29, 0.717) is 19.3 Å². The van der Waals surface area contributed by atoms with Crippen LogP contribution in [-0.2, 0) is 36.8 Å². The predicted octanol–water partition coefficient (Wildman–Crippen LogP) is 2.26. The second-order valence-electron chi connectivity index (χ2n) is 12.8. The number of alkyl halides is 2. The summed E-state index contributed by atoms with van der Waals surface area (Å²) in [5.41, 5.74) is 6.65. The van der Waals surface area contributed by atoms with E-state index in [0.717, 1.165) is 24.0 Å². The number of ketones is 1. The molecule has 5 unspecified atom stereocenters. The van der Waals surface area contributed by atoms with Crippen LogP contribution in [0, 0.1) is 23.7 Å². The molecule has 0 bridgehead atoms. The maximum Gasteiger partial charge on any atom is 0.408 e. The lowest BCUT2D eigenvalue weighted by atomic mass is 9.94. The van der Waals surface area contributed by atoms with Crippen molar-refractivity contribution in [3.63, 3.8) is 0 Å². The van der Waals surface area contributed by atoms with Crippen LogP contribution >= 0.6 is 23.2 Å². The van der Waals surface area contributed by atoms with Crippen LogP contribution in [0.2, 0.25) is 0 Å². The van der Waals surface area contributed by atoms with Gasteiger partial charge in [-0.25, -0.2) is 4.79 Å². The molecule has 2 saturated carbocycles. The van der Waals surface area contributed by atoms with Gasteiger partial charge in [-0.2, -0.15) is 0 Å². The third-order valence-corrected chi connectivity index (χ3v) is 9.58. The third kappa shape index (κ3) is 6.18. The van der Waals surface area contributed by atoms with Crippen LogP contribution in [0.4, 0.5) is 4.79 Å². The highest BCUT2D eigenvalue weighted by molar-refractivity contribution is 6.51. The van der Waals surface area contributed by atoms with Gasteiger partial charge in [-0.3, -0.25) is 19.2 Å². The number of benzene rings is 1. The molecule has 222 valence electrons. The molecule has 1 aromatic rings. The minimum absolute atomic E-state index is 0.109. The Morgan fingerprint density at radius 1 is 1.07 bits per heavy atom. The van der Waals surface area contributed by atoms with Crippen LogP contribution in [0.15, 0.2) is 24.3 Å². The summed E-state index contributed by atoms with van der Waals surface area (Å²) in [7, 11) is 0. The number of halogens is 2. The van der Waals surface area contributed by atoms with Crippen molar-refractivity contribution in [2.75, 3.05) is 6.54 Å². The molecular weight excluding hydrogens is 571 g/mol. The monoisotopic (exact) mass is 606 g/mol. The first kappa shape index (κ1) is 29.6. The van der Waals surface area contributed by atoms with Gasteiger partial charge in [-0.05, 0) is 63.0 Å². The zero-order valence-electron chi connectivity index (χ0n) is 23.3. The number of hydrogen-bond acceptors (Lipinski definition) is 6. The predicted molar refractivity (Wildman–Crippen MR) is 151 cm³/mol. The van der Waals surface area contributed by atoms with Crippen LogP contribution in [0.3, 0.4) is 0 Å². The fourth-order valence-electron chi connectivity index (χ4n) is 6.30. The topological polar surface area (TPSA) is 148 Å². The molecule has 0 radical (unpaired) electrons. The number of nitrogens with one attached hydrogen (secondary N) is 2. The lowest BCUT2D eigenvalue weighted by Crippen LogP contribution is -2.60. The number of nitrogens with two attached hydrogens (primary N) is 1. The summed E-state index contributed by atoms with van der Waals surface area (Å²) in [4.78, 5) is 66.5. The third-order valence-electron chi connectivity index (χ3n) is 8.52. The highest BCUT2D eigenvalue weighted by atomic mass is 35.5. The lowest BCUT2D eigenvalue weighted by molar-refractivity contribution is -0.144. The van der Waals surface area contributed by atoms with E-state index in [1.807, 2.05) is 24.3 Å². The van der Waals surface area contributed by atoms with Gasteiger partial charge >= 0.3 is 6.09 Å². The Bertz CT molecular complexity index is 1250. The molecule has 10 nitrogen and oxygen atoms in total. The lowest BCUT2D eigenvalue weighted by Gasteiger charge is -2.35. The fraction of sp³-hybridized carbons (Fsp3) is 0.621. The average molecular weight is 608 g/mol. The zero-order valence-corrected chi connectivity index (χ0v) is 24.8. The van der Waals surface area contributed by atoms with Crippen LogP contribution in [-0.4, -0.2) is 69.1 Å². The Kier molecular flexibility index (Phi) is 7.78. The molecule has 4 aliphatic rings. The molecule has 12 heteroatoms. The summed E-state index contributed by atoms with van der Waals surface area (Å²) in [6, 6.07) is 4.69. The van der Waals surface area contributed by atoms with Gasteiger partial charge < -0.3 is 26.0 Å². The van der Waals surface area contributed by atoms with Crippen molar-refractivity contribution in [2.45, 2.75) is 80.9 Å². The number of Topliss-reactive ketones (excluding diaryl/α,β-unsaturated/α-hetero) is 1. The quantitative estimate of drug-likeness (QED) is 0.290. The van der Waals surface area contributed by atoms with E-state index in [1.54, 1.807) is 20.8 Å². The maximum atomic E-state index is 14.2. The number of fused-ring (bicyclic) bond motifs is 2. The van der Waals surface area contributed by atoms with Gasteiger partial charge in [0.05, 0.1) is 6.04 Å². The molecule has 5 rings (SSSR count). The Morgan fingerprint density at radius 2 is 1.68 bits per heavy atom. The summed E-state index contributed by atoms with van der Waals surface area (Å²) < 4.78 is 4.26. The molecule has 1 saturated heterocycles. The summed E-state index contributed by atoms with van der Waals surface area (Å²) in [5.74, 6) is -4.08. The molecule has 1 aromatic carbocycles. The zero-order chi connectivity index (χ0) is 29.9. The highest BCUT2D eigenvalue weighted by Gasteiger charge is 2.74. The number of alkyl carbamates (subject to hydrolysis) is 1. The summed E-state index contributed by atoms with van der Waals surface area (Å²) in [5, 5.41) is 5.45. The van der Waals surface area contributed by atoms with Gasteiger partial charge in [0.25, 0.3) is 5.91 Å².